The molecule has 0 aliphatic heterocycles. The predicted molar refractivity (Wildman–Crippen MR) is 82.8 cm³/mol. The third-order valence-corrected chi connectivity index (χ3v) is 3.58. The number of hydrogen-bond acceptors (Lipinski definition) is 2. The average Bonchev–Trinajstić information content (AvgIpc) is 2.45. The van der Waals surface area contributed by atoms with Crippen molar-refractivity contribution in [2.24, 2.45) is 5.73 Å². The van der Waals surface area contributed by atoms with Gasteiger partial charge in [0, 0.05) is 23.2 Å². The predicted octanol–water partition coefficient (Wildman–Crippen LogP) is 3.68. The molecule has 0 aliphatic carbocycles. The fourth-order valence-corrected chi connectivity index (χ4v) is 2.14. The summed E-state index contributed by atoms with van der Waals surface area (Å²) in [6.07, 6.45) is 0.232. The van der Waals surface area contributed by atoms with Crippen LogP contribution in [0.2, 0.25) is 5.02 Å². The van der Waals surface area contributed by atoms with Crippen LogP contribution in [0.5, 0.6) is 0 Å². The molecule has 104 valence electrons. The summed E-state index contributed by atoms with van der Waals surface area (Å²) < 4.78 is 0. The second-order valence-electron chi connectivity index (χ2n) is 4.68. The minimum Gasteiger partial charge on any atom is -0.326 e. The minimum absolute atomic E-state index is 0.119. The number of hydrogen-bond donors (Lipinski definition) is 2. The first-order chi connectivity index (χ1) is 9.58. The third-order valence-electron chi connectivity index (χ3n) is 3.17. The average molecular weight is 289 g/mol. The first-order valence-electron chi connectivity index (χ1n) is 6.43. The summed E-state index contributed by atoms with van der Waals surface area (Å²) in [6, 6.07) is 14.7. The van der Waals surface area contributed by atoms with Crippen LogP contribution in [0.4, 0.5) is 5.69 Å². The summed E-state index contributed by atoms with van der Waals surface area (Å²) in [5.41, 5.74) is 8.56. The highest BCUT2D eigenvalue weighted by atomic mass is 35.5. The van der Waals surface area contributed by atoms with Crippen LogP contribution < -0.4 is 11.1 Å². The molecule has 1 amide bonds. The molecule has 0 fully saturated rings. The molecule has 2 aromatic rings. The van der Waals surface area contributed by atoms with E-state index in [0.29, 0.717) is 5.02 Å². The van der Waals surface area contributed by atoms with E-state index in [2.05, 4.69) is 5.32 Å². The molecule has 0 aromatic heterocycles. The molecule has 3 N–H and O–H groups in total. The lowest BCUT2D eigenvalue weighted by molar-refractivity contribution is -0.116. The summed E-state index contributed by atoms with van der Waals surface area (Å²) in [5, 5.41) is 3.48. The van der Waals surface area contributed by atoms with Crippen LogP contribution in [-0.4, -0.2) is 5.91 Å². The van der Waals surface area contributed by atoms with E-state index in [1.807, 2.05) is 49.4 Å². The normalized spacial score (nSPS) is 11.9. The van der Waals surface area contributed by atoms with Gasteiger partial charge in [-0.15, -0.1) is 0 Å². The van der Waals surface area contributed by atoms with Gasteiger partial charge in [-0.05, 0) is 30.2 Å². The van der Waals surface area contributed by atoms with E-state index in [1.54, 1.807) is 6.07 Å². The maximum Gasteiger partial charge on any atom is 0.226 e. The minimum atomic E-state index is -0.310. The van der Waals surface area contributed by atoms with Crippen LogP contribution in [0, 0.1) is 6.92 Å². The number of carbonyl (C=O) groups excluding carboxylic acids is 1. The molecule has 0 saturated carbocycles. The smallest absolute Gasteiger partial charge is 0.226 e. The van der Waals surface area contributed by atoms with Crippen molar-refractivity contribution in [2.45, 2.75) is 19.4 Å². The molecule has 0 saturated heterocycles. The lowest BCUT2D eigenvalue weighted by Gasteiger charge is -2.13. The van der Waals surface area contributed by atoms with Crippen molar-refractivity contribution in [1.29, 1.82) is 0 Å². The molecule has 0 heterocycles. The van der Waals surface area contributed by atoms with Gasteiger partial charge in [0.15, 0.2) is 0 Å². The number of nitrogens with one attached hydrogen (secondary N) is 1. The Morgan fingerprint density at radius 2 is 1.90 bits per heavy atom. The molecule has 2 rings (SSSR count). The Balaban J connectivity index is 2.01. The Morgan fingerprint density at radius 1 is 1.20 bits per heavy atom. The highest BCUT2D eigenvalue weighted by Crippen LogP contribution is 2.23. The Hall–Kier alpha value is -1.84. The summed E-state index contributed by atoms with van der Waals surface area (Å²) >= 11 is 6.02. The van der Waals surface area contributed by atoms with Gasteiger partial charge in [0.1, 0.15) is 0 Å². The van der Waals surface area contributed by atoms with Crippen molar-refractivity contribution in [2.75, 3.05) is 5.32 Å². The topological polar surface area (TPSA) is 55.1 Å². The van der Waals surface area contributed by atoms with E-state index >= 15 is 0 Å². The summed E-state index contributed by atoms with van der Waals surface area (Å²) in [6.45, 7) is 1.87. The number of anilines is 1. The van der Waals surface area contributed by atoms with Gasteiger partial charge in [0.25, 0.3) is 0 Å². The fraction of sp³-hybridized carbons (Fsp3) is 0.188. The molecule has 0 radical (unpaired) electrons. The van der Waals surface area contributed by atoms with Crippen LogP contribution in [0.25, 0.3) is 0 Å². The van der Waals surface area contributed by atoms with Gasteiger partial charge in [0.2, 0.25) is 5.91 Å². The zero-order valence-electron chi connectivity index (χ0n) is 11.3. The molecule has 0 spiro atoms. The van der Waals surface area contributed by atoms with Crippen LogP contribution in [-0.2, 0) is 4.79 Å². The van der Waals surface area contributed by atoms with Gasteiger partial charge < -0.3 is 11.1 Å². The van der Waals surface area contributed by atoms with E-state index in [-0.39, 0.29) is 18.4 Å². The van der Waals surface area contributed by atoms with Gasteiger partial charge in [-0.3, -0.25) is 4.79 Å². The Morgan fingerprint density at radius 3 is 2.60 bits per heavy atom. The molecule has 1 atom stereocenters. The van der Waals surface area contributed by atoms with Gasteiger partial charge in [-0.25, -0.2) is 0 Å². The highest BCUT2D eigenvalue weighted by Gasteiger charge is 2.12. The van der Waals surface area contributed by atoms with E-state index < -0.39 is 0 Å². The summed E-state index contributed by atoms with van der Waals surface area (Å²) in [5.74, 6) is -0.119. The Labute approximate surface area is 123 Å². The van der Waals surface area contributed by atoms with Crippen molar-refractivity contribution < 1.29 is 4.79 Å². The van der Waals surface area contributed by atoms with Crippen molar-refractivity contribution in [1.82, 2.24) is 0 Å². The number of benzene rings is 2. The number of amides is 1. The second kappa shape index (κ2) is 6.55. The third kappa shape index (κ3) is 3.59. The van der Waals surface area contributed by atoms with Crippen molar-refractivity contribution >= 4 is 23.2 Å². The van der Waals surface area contributed by atoms with E-state index in [1.165, 1.54) is 0 Å². The molecule has 4 heteroatoms. The highest BCUT2D eigenvalue weighted by molar-refractivity contribution is 6.31. The quantitative estimate of drug-likeness (QED) is 0.902. The molecule has 0 bridgehead atoms. The molecular weight excluding hydrogens is 272 g/mol. The Kier molecular flexibility index (Phi) is 4.77. The first-order valence-corrected chi connectivity index (χ1v) is 6.81. The number of carbonyl (C=O) groups is 1. The molecule has 1 unspecified atom stereocenters. The van der Waals surface area contributed by atoms with E-state index in [0.717, 1.165) is 16.8 Å². The van der Waals surface area contributed by atoms with Crippen LogP contribution in [0.3, 0.4) is 0 Å². The molecule has 0 aliphatic rings. The Bertz CT molecular complexity index is 599. The lowest BCUT2D eigenvalue weighted by Crippen LogP contribution is -2.20. The van der Waals surface area contributed by atoms with Gasteiger partial charge in [-0.2, -0.15) is 0 Å². The van der Waals surface area contributed by atoms with Crippen molar-refractivity contribution in [3.8, 4) is 0 Å². The molecular formula is C16H17ClN2O. The molecule has 3 nitrogen and oxygen atoms in total. The molecule has 2 aromatic carbocycles. The second-order valence-corrected chi connectivity index (χ2v) is 5.09. The maximum absolute atomic E-state index is 12.0. The standard InChI is InChI=1S/C16H17ClN2O/c1-11-13(17)8-5-9-15(11)19-16(20)10-14(18)12-6-3-2-4-7-12/h2-9,14H,10,18H2,1H3,(H,19,20). The van der Waals surface area contributed by atoms with Crippen LogP contribution >= 0.6 is 11.6 Å². The number of rotatable bonds is 4. The van der Waals surface area contributed by atoms with Crippen LogP contribution in [0.1, 0.15) is 23.6 Å². The zero-order valence-corrected chi connectivity index (χ0v) is 12.0. The largest absolute Gasteiger partial charge is 0.326 e. The summed E-state index contributed by atoms with van der Waals surface area (Å²) in [7, 11) is 0. The fourth-order valence-electron chi connectivity index (χ4n) is 1.96. The lowest BCUT2D eigenvalue weighted by atomic mass is 10.0. The SMILES string of the molecule is Cc1c(Cl)cccc1NC(=O)CC(N)c1ccccc1. The van der Waals surface area contributed by atoms with Gasteiger partial charge in [0.05, 0.1) is 0 Å². The van der Waals surface area contributed by atoms with Crippen molar-refractivity contribution in [3.63, 3.8) is 0 Å². The van der Waals surface area contributed by atoms with Gasteiger partial charge >= 0.3 is 0 Å². The van der Waals surface area contributed by atoms with Gasteiger partial charge in [-0.1, -0.05) is 48.0 Å². The van der Waals surface area contributed by atoms with E-state index in [9.17, 15) is 4.79 Å². The zero-order chi connectivity index (χ0) is 14.5. The van der Waals surface area contributed by atoms with Crippen molar-refractivity contribution in [3.05, 3.63) is 64.7 Å². The maximum atomic E-state index is 12.0. The molecule has 20 heavy (non-hydrogen) atoms. The summed E-state index contributed by atoms with van der Waals surface area (Å²) in [4.78, 5) is 12.0. The number of nitrogens with two attached hydrogens (primary N) is 1. The number of halogens is 1. The monoisotopic (exact) mass is 288 g/mol. The first kappa shape index (κ1) is 14.6. The van der Waals surface area contributed by atoms with Crippen LogP contribution in [0.15, 0.2) is 48.5 Å². The van der Waals surface area contributed by atoms with E-state index in [4.69, 9.17) is 17.3 Å².